The molecule has 0 saturated carbocycles. The smallest absolute Gasteiger partial charge is 0.249 e. The lowest BCUT2D eigenvalue weighted by atomic mass is 9.89. The summed E-state index contributed by atoms with van der Waals surface area (Å²) >= 11 is 1.79. The van der Waals surface area contributed by atoms with Crippen LogP contribution in [0.5, 0.6) is 0 Å². The molecule has 0 unspecified atom stereocenters. The zero-order valence-electron chi connectivity index (χ0n) is 14.1. The lowest BCUT2D eigenvalue weighted by molar-refractivity contribution is -0.134. The number of carbonyl (C=O) groups excluding carboxylic acids is 2. The molecule has 0 aromatic carbocycles. The van der Waals surface area contributed by atoms with Gasteiger partial charge < -0.3 is 15.7 Å². The first-order valence-electron chi connectivity index (χ1n) is 7.30. The highest BCUT2D eigenvalue weighted by atomic mass is 32.2. The Bertz CT molecular complexity index is 346. The summed E-state index contributed by atoms with van der Waals surface area (Å²) in [7, 11) is 0. The summed E-state index contributed by atoms with van der Waals surface area (Å²) < 4.78 is 0.196. The maximum absolute atomic E-state index is 11.6. The van der Waals surface area contributed by atoms with Gasteiger partial charge in [-0.05, 0) is 5.41 Å². The predicted molar refractivity (Wildman–Crippen MR) is 88.3 cm³/mol. The lowest BCUT2D eigenvalue weighted by Crippen LogP contribution is -2.43. The van der Waals surface area contributed by atoms with Gasteiger partial charge in [0.25, 0.3) is 0 Å². The highest BCUT2D eigenvalue weighted by molar-refractivity contribution is 8.00. The fraction of sp³-hybridized carbons (Fsp3) is 0.867. The highest BCUT2D eigenvalue weighted by Crippen LogP contribution is 2.22. The van der Waals surface area contributed by atoms with Crippen molar-refractivity contribution in [1.29, 1.82) is 0 Å². The number of hydrogen-bond acceptors (Lipinski definition) is 4. The van der Waals surface area contributed by atoms with Crippen LogP contribution >= 0.6 is 11.8 Å². The van der Waals surface area contributed by atoms with Crippen molar-refractivity contribution in [3.05, 3.63) is 0 Å². The molecule has 5 nitrogen and oxygen atoms in total. The Balaban J connectivity index is 3.78. The van der Waals surface area contributed by atoms with Crippen LogP contribution in [-0.2, 0) is 9.59 Å². The second-order valence-electron chi connectivity index (χ2n) is 7.12. The van der Waals surface area contributed by atoms with Gasteiger partial charge in [0.15, 0.2) is 0 Å². The third-order valence-electron chi connectivity index (χ3n) is 2.68. The average molecular weight is 318 g/mol. The zero-order valence-corrected chi connectivity index (χ0v) is 14.9. The minimum Gasteiger partial charge on any atom is -0.383 e. The molecule has 0 radical (unpaired) electrons. The highest BCUT2D eigenvalue weighted by Gasteiger charge is 2.28. The van der Waals surface area contributed by atoms with Crippen LogP contribution in [0.25, 0.3) is 0 Å². The van der Waals surface area contributed by atoms with Gasteiger partial charge in [-0.15, -0.1) is 0 Å². The van der Waals surface area contributed by atoms with E-state index >= 15 is 0 Å². The number of thioether (sulfide) groups is 1. The molecule has 0 fully saturated rings. The number of rotatable bonds is 7. The third-order valence-corrected chi connectivity index (χ3v) is 3.95. The van der Waals surface area contributed by atoms with E-state index in [1.54, 1.807) is 32.5 Å². The first kappa shape index (κ1) is 20.2. The Morgan fingerprint density at radius 1 is 1.05 bits per heavy atom. The summed E-state index contributed by atoms with van der Waals surface area (Å²) in [4.78, 5) is 23.2. The summed E-state index contributed by atoms with van der Waals surface area (Å²) in [5.41, 5.74) is -0.503. The van der Waals surface area contributed by atoms with Gasteiger partial charge in [0.2, 0.25) is 11.8 Å². The van der Waals surface area contributed by atoms with Gasteiger partial charge in [-0.3, -0.25) is 9.59 Å². The van der Waals surface area contributed by atoms with Crippen molar-refractivity contribution in [2.24, 2.45) is 5.41 Å². The number of aliphatic hydroxyl groups is 1. The van der Waals surface area contributed by atoms with Crippen molar-refractivity contribution in [2.75, 3.05) is 18.8 Å². The van der Waals surface area contributed by atoms with Crippen LogP contribution in [0.2, 0.25) is 0 Å². The van der Waals surface area contributed by atoms with Crippen molar-refractivity contribution in [3.8, 4) is 0 Å². The summed E-state index contributed by atoms with van der Waals surface area (Å²) in [5, 5.41) is 15.1. The summed E-state index contributed by atoms with van der Waals surface area (Å²) in [6.07, 6.45) is -0.841. The van der Waals surface area contributed by atoms with Gasteiger partial charge in [-0.1, -0.05) is 41.5 Å². The van der Waals surface area contributed by atoms with Crippen molar-refractivity contribution in [2.45, 2.75) is 58.8 Å². The van der Waals surface area contributed by atoms with E-state index in [4.69, 9.17) is 0 Å². The van der Waals surface area contributed by atoms with Crippen LogP contribution in [0, 0.1) is 5.41 Å². The van der Waals surface area contributed by atoms with E-state index in [9.17, 15) is 14.7 Å². The first-order chi connectivity index (χ1) is 9.43. The minimum atomic E-state index is -1.07. The minimum absolute atomic E-state index is 0.0879. The van der Waals surface area contributed by atoms with Crippen molar-refractivity contribution < 1.29 is 14.7 Å². The normalized spacial score (nSPS) is 13.7. The molecule has 0 aliphatic heterocycles. The molecule has 21 heavy (non-hydrogen) atoms. The Kier molecular flexibility index (Phi) is 8.33. The predicted octanol–water partition coefficient (Wildman–Crippen LogP) is 1.55. The van der Waals surface area contributed by atoms with Crippen LogP contribution in [-0.4, -0.2) is 46.6 Å². The molecule has 0 aliphatic rings. The molecule has 3 N–H and O–H groups in total. The number of aliphatic hydroxyl groups excluding tert-OH is 1. The molecule has 0 aromatic rings. The fourth-order valence-corrected chi connectivity index (χ4v) is 2.24. The molecular formula is C15H30N2O3S. The molecule has 0 bridgehead atoms. The Labute approximate surface area is 132 Å². The molecule has 2 amide bonds. The molecule has 1 atom stereocenters. The first-order valence-corrected chi connectivity index (χ1v) is 8.28. The van der Waals surface area contributed by atoms with E-state index in [-0.39, 0.29) is 23.6 Å². The van der Waals surface area contributed by atoms with Gasteiger partial charge in [0.1, 0.15) is 6.10 Å². The molecule has 124 valence electrons. The number of hydrogen-bond donors (Lipinski definition) is 3. The van der Waals surface area contributed by atoms with E-state index in [0.29, 0.717) is 6.54 Å². The van der Waals surface area contributed by atoms with Crippen molar-refractivity contribution in [1.82, 2.24) is 10.6 Å². The molecule has 0 heterocycles. The van der Waals surface area contributed by atoms with Gasteiger partial charge in [0.05, 0.1) is 0 Å². The van der Waals surface area contributed by atoms with Crippen LogP contribution in [0.4, 0.5) is 0 Å². The quantitative estimate of drug-likeness (QED) is 0.622. The summed E-state index contributed by atoms with van der Waals surface area (Å²) in [6.45, 7) is 12.6. The van der Waals surface area contributed by atoms with Gasteiger partial charge >= 0.3 is 0 Å². The second kappa shape index (κ2) is 8.63. The Morgan fingerprint density at radius 3 is 2.10 bits per heavy atom. The fourth-order valence-electron chi connectivity index (χ4n) is 1.43. The van der Waals surface area contributed by atoms with Gasteiger partial charge in [-0.2, -0.15) is 11.8 Å². The van der Waals surface area contributed by atoms with E-state index < -0.39 is 17.4 Å². The monoisotopic (exact) mass is 318 g/mol. The Hall–Kier alpha value is -0.750. The van der Waals surface area contributed by atoms with E-state index in [2.05, 4.69) is 31.4 Å². The largest absolute Gasteiger partial charge is 0.383 e. The lowest BCUT2D eigenvalue weighted by Gasteiger charge is -2.24. The molecule has 0 rings (SSSR count). The van der Waals surface area contributed by atoms with Crippen LogP contribution in [0.3, 0.4) is 0 Å². The van der Waals surface area contributed by atoms with Crippen LogP contribution < -0.4 is 10.6 Å². The molecule has 0 spiro atoms. The van der Waals surface area contributed by atoms with Crippen LogP contribution in [0.1, 0.15) is 48.0 Å². The van der Waals surface area contributed by atoms with Crippen molar-refractivity contribution in [3.63, 3.8) is 0 Å². The van der Waals surface area contributed by atoms with E-state index in [0.717, 1.165) is 5.75 Å². The second-order valence-corrected chi connectivity index (χ2v) is 9.04. The molecule has 6 heteroatoms. The summed E-state index contributed by atoms with van der Waals surface area (Å²) in [6, 6.07) is 0. The van der Waals surface area contributed by atoms with Gasteiger partial charge in [0, 0.05) is 30.0 Å². The average Bonchev–Trinajstić information content (AvgIpc) is 2.31. The Morgan fingerprint density at radius 2 is 1.62 bits per heavy atom. The topological polar surface area (TPSA) is 78.4 Å². The SMILES string of the molecule is CC(C)(C)SCCNC(=O)CCNC(=O)[C@@H](O)C(C)(C)C. The number of amides is 2. The summed E-state index contributed by atoms with van der Waals surface area (Å²) in [5.74, 6) is 0.346. The molecule has 0 aliphatic carbocycles. The molecule has 0 aromatic heterocycles. The molecule has 0 saturated heterocycles. The van der Waals surface area contributed by atoms with Crippen molar-refractivity contribution >= 4 is 23.6 Å². The van der Waals surface area contributed by atoms with Gasteiger partial charge in [-0.25, -0.2) is 0 Å². The number of nitrogens with one attached hydrogen (secondary N) is 2. The maximum atomic E-state index is 11.6. The van der Waals surface area contributed by atoms with E-state index in [1.165, 1.54) is 0 Å². The van der Waals surface area contributed by atoms with E-state index in [1.807, 2.05) is 0 Å². The number of carbonyl (C=O) groups is 2. The molecular weight excluding hydrogens is 288 g/mol. The maximum Gasteiger partial charge on any atom is 0.249 e. The third kappa shape index (κ3) is 10.6. The standard InChI is InChI=1S/C15H30N2O3S/c1-14(2,3)12(19)13(20)17-8-7-11(18)16-9-10-21-15(4,5)6/h12,19H,7-10H2,1-6H3,(H,16,18)(H,17,20)/t12-/m1/s1. The zero-order chi connectivity index (χ0) is 16.7. The van der Waals surface area contributed by atoms with Crippen LogP contribution in [0.15, 0.2) is 0 Å².